The molecule has 35 heavy (non-hydrogen) atoms. The predicted octanol–water partition coefficient (Wildman–Crippen LogP) is 4.40. The number of nitrogens with zero attached hydrogens (tertiary/aromatic N) is 2. The Morgan fingerprint density at radius 1 is 1.20 bits per heavy atom. The Kier molecular flexibility index (Phi) is 8.47. The average molecular weight is 514 g/mol. The Morgan fingerprint density at radius 3 is 2.51 bits per heavy atom. The van der Waals surface area contributed by atoms with Crippen molar-refractivity contribution in [3.8, 4) is 0 Å². The Labute approximate surface area is 202 Å². The average Bonchev–Trinajstić information content (AvgIpc) is 3.22. The second-order valence-electron chi connectivity index (χ2n) is 7.47. The lowest BCUT2D eigenvalue weighted by Gasteiger charge is -2.22. The summed E-state index contributed by atoms with van der Waals surface area (Å²) in [4.78, 5) is 21.2. The number of carbonyl (C=O) groups is 2. The van der Waals surface area contributed by atoms with Crippen LogP contribution in [0.4, 0.5) is 17.6 Å². The summed E-state index contributed by atoms with van der Waals surface area (Å²) in [6, 6.07) is 14.1. The molecule has 3 aromatic rings. The van der Waals surface area contributed by atoms with Crippen LogP contribution in [0.2, 0.25) is 5.02 Å². The van der Waals surface area contributed by atoms with E-state index in [2.05, 4.69) is 22.5 Å². The highest BCUT2D eigenvalue weighted by Gasteiger charge is 2.38. The summed E-state index contributed by atoms with van der Waals surface area (Å²) in [5, 5.41) is 14.6. The zero-order valence-electron chi connectivity index (χ0n) is 18.1. The number of hydrogen-bond donors (Lipinski definition) is 2. The second-order valence-corrected chi connectivity index (χ2v) is 7.88. The molecule has 0 radical (unpaired) electrons. The van der Waals surface area contributed by atoms with Gasteiger partial charge >= 0.3 is 12.1 Å². The molecule has 0 spiro atoms. The van der Waals surface area contributed by atoms with Crippen molar-refractivity contribution in [1.82, 2.24) is 15.1 Å². The van der Waals surface area contributed by atoms with Gasteiger partial charge in [-0.3, -0.25) is 9.48 Å². The van der Waals surface area contributed by atoms with Crippen molar-refractivity contribution < 1.29 is 37.0 Å². The fraction of sp³-hybridized carbons (Fsp3) is 0.261. The molecule has 12 heteroatoms. The van der Waals surface area contributed by atoms with E-state index >= 15 is 0 Å². The van der Waals surface area contributed by atoms with Crippen molar-refractivity contribution in [1.29, 1.82) is 0 Å². The Balaban J connectivity index is 0.000000429. The van der Waals surface area contributed by atoms with E-state index in [1.165, 1.54) is 12.1 Å². The van der Waals surface area contributed by atoms with Crippen molar-refractivity contribution in [2.75, 3.05) is 13.2 Å². The maximum Gasteiger partial charge on any atom is 0.490 e. The molecule has 0 saturated heterocycles. The molecule has 1 atom stereocenters. The number of hydrogen-bond acceptors (Lipinski definition) is 4. The van der Waals surface area contributed by atoms with Gasteiger partial charge in [0.05, 0.1) is 23.9 Å². The number of alkyl halides is 3. The molecule has 1 aromatic heterocycles. The summed E-state index contributed by atoms with van der Waals surface area (Å²) in [7, 11) is 0. The van der Waals surface area contributed by atoms with Crippen LogP contribution in [0.25, 0.3) is 0 Å². The number of carbonyl (C=O) groups excluding carboxylic acids is 1. The summed E-state index contributed by atoms with van der Waals surface area (Å²) in [5.41, 5.74) is 3.34. The Morgan fingerprint density at radius 2 is 1.89 bits per heavy atom. The SMILES string of the molecule is O=C(NCC1OCCc2cn(Cc3ccccc3)nc21)c1ccc(Cl)c(F)c1.O=C(O)C(F)(F)F. The minimum atomic E-state index is -5.08. The first-order chi connectivity index (χ1) is 16.5. The summed E-state index contributed by atoms with van der Waals surface area (Å²) in [6.07, 6.45) is -2.59. The topological polar surface area (TPSA) is 93.5 Å². The lowest BCUT2D eigenvalue weighted by Crippen LogP contribution is -2.32. The lowest BCUT2D eigenvalue weighted by atomic mass is 10.1. The molecule has 2 N–H and O–H groups in total. The number of amides is 1. The number of benzene rings is 2. The molecule has 1 amide bonds. The van der Waals surface area contributed by atoms with E-state index in [-0.39, 0.29) is 29.1 Å². The molecule has 2 aromatic carbocycles. The van der Waals surface area contributed by atoms with Crippen LogP contribution in [0.5, 0.6) is 0 Å². The quantitative estimate of drug-likeness (QED) is 0.493. The molecule has 0 saturated carbocycles. The highest BCUT2D eigenvalue weighted by atomic mass is 35.5. The highest BCUT2D eigenvalue weighted by molar-refractivity contribution is 6.30. The van der Waals surface area contributed by atoms with Crippen molar-refractivity contribution in [3.05, 3.63) is 88.0 Å². The van der Waals surface area contributed by atoms with E-state index in [0.717, 1.165) is 29.3 Å². The van der Waals surface area contributed by atoms with Gasteiger partial charge in [0.2, 0.25) is 0 Å². The molecule has 2 heterocycles. The number of carboxylic acids is 1. The molecule has 0 fully saturated rings. The van der Waals surface area contributed by atoms with Crippen molar-refractivity contribution in [3.63, 3.8) is 0 Å². The molecular weight excluding hydrogens is 494 g/mol. The molecular formula is C23H20ClF4N3O4. The standard InChI is InChI=1S/C21H19ClFN3O2.C2HF3O2/c22-17-7-6-15(10-18(17)23)21(27)24-11-19-20-16(8-9-28-19)13-26(25-20)12-14-4-2-1-3-5-14;3-2(4,5)1(6)7/h1-7,10,13,19H,8-9,11-12H2,(H,24,27);(H,6,7). The zero-order chi connectivity index (χ0) is 25.6. The summed E-state index contributed by atoms with van der Waals surface area (Å²) >= 11 is 5.66. The molecule has 7 nitrogen and oxygen atoms in total. The van der Waals surface area contributed by atoms with Gasteiger partial charge in [0.15, 0.2) is 0 Å². The monoisotopic (exact) mass is 513 g/mol. The van der Waals surface area contributed by atoms with Gasteiger partial charge in [-0.15, -0.1) is 0 Å². The lowest BCUT2D eigenvalue weighted by molar-refractivity contribution is -0.192. The van der Waals surface area contributed by atoms with Crippen LogP contribution >= 0.6 is 11.6 Å². The van der Waals surface area contributed by atoms with Crippen LogP contribution in [0, 0.1) is 5.82 Å². The van der Waals surface area contributed by atoms with Crippen molar-refractivity contribution in [2.45, 2.75) is 25.2 Å². The van der Waals surface area contributed by atoms with Crippen LogP contribution in [0.1, 0.15) is 33.3 Å². The van der Waals surface area contributed by atoms with Crippen molar-refractivity contribution >= 4 is 23.5 Å². The number of fused-ring (bicyclic) bond motifs is 1. The van der Waals surface area contributed by atoms with Crippen LogP contribution in [-0.4, -0.2) is 46.1 Å². The zero-order valence-corrected chi connectivity index (χ0v) is 18.8. The van der Waals surface area contributed by atoms with Gasteiger partial charge < -0.3 is 15.2 Å². The van der Waals surface area contributed by atoms with Gasteiger partial charge in [-0.2, -0.15) is 18.3 Å². The number of aliphatic carboxylic acids is 1. The van der Waals surface area contributed by atoms with Crippen LogP contribution < -0.4 is 5.32 Å². The van der Waals surface area contributed by atoms with Gasteiger partial charge in [0.1, 0.15) is 11.9 Å². The van der Waals surface area contributed by atoms with Crippen LogP contribution in [0.15, 0.2) is 54.7 Å². The van der Waals surface area contributed by atoms with Crippen LogP contribution in [0.3, 0.4) is 0 Å². The smallest absolute Gasteiger partial charge is 0.475 e. The molecule has 0 aliphatic carbocycles. The maximum absolute atomic E-state index is 13.6. The maximum atomic E-state index is 13.6. The van der Waals surface area contributed by atoms with Crippen LogP contribution in [-0.2, 0) is 22.5 Å². The number of aromatic nitrogens is 2. The minimum absolute atomic E-state index is 0.0132. The van der Waals surface area contributed by atoms with E-state index in [4.69, 9.17) is 26.2 Å². The highest BCUT2D eigenvalue weighted by Crippen LogP contribution is 2.26. The van der Waals surface area contributed by atoms with E-state index in [0.29, 0.717) is 13.2 Å². The van der Waals surface area contributed by atoms with Gasteiger partial charge in [0.25, 0.3) is 5.91 Å². The molecule has 1 aliphatic heterocycles. The van der Waals surface area contributed by atoms with E-state index in [1.54, 1.807) is 0 Å². The third-order valence-corrected chi connectivity index (χ3v) is 5.23. The minimum Gasteiger partial charge on any atom is -0.475 e. The fourth-order valence-corrected chi connectivity index (χ4v) is 3.38. The number of nitrogens with one attached hydrogen (secondary N) is 1. The van der Waals surface area contributed by atoms with E-state index in [9.17, 15) is 22.4 Å². The van der Waals surface area contributed by atoms with Crippen molar-refractivity contribution in [2.24, 2.45) is 0 Å². The van der Waals surface area contributed by atoms with E-state index in [1.807, 2.05) is 29.1 Å². The largest absolute Gasteiger partial charge is 0.490 e. The number of ether oxygens (including phenoxy) is 1. The number of carboxylic acid groups (broad SMARTS) is 1. The summed E-state index contributed by atoms with van der Waals surface area (Å²) in [6.45, 7) is 1.51. The first kappa shape index (κ1) is 26.2. The number of halogens is 5. The third kappa shape index (κ3) is 7.27. The Bertz CT molecular complexity index is 1190. The van der Waals surface area contributed by atoms with E-state index < -0.39 is 18.0 Å². The fourth-order valence-electron chi connectivity index (χ4n) is 3.26. The van der Waals surface area contributed by atoms with Gasteiger partial charge in [-0.05, 0) is 35.7 Å². The summed E-state index contributed by atoms with van der Waals surface area (Å²) in [5.74, 6) is -3.76. The molecule has 0 bridgehead atoms. The third-order valence-electron chi connectivity index (χ3n) is 4.93. The first-order valence-electron chi connectivity index (χ1n) is 10.3. The summed E-state index contributed by atoms with van der Waals surface area (Å²) < 4.78 is 53.0. The molecule has 4 rings (SSSR count). The Hall–Kier alpha value is -3.44. The number of rotatable bonds is 5. The molecule has 186 valence electrons. The first-order valence-corrected chi connectivity index (χ1v) is 10.7. The van der Waals surface area contributed by atoms with Gasteiger partial charge in [-0.25, -0.2) is 9.18 Å². The second kappa shape index (κ2) is 11.3. The molecule has 1 aliphatic rings. The predicted molar refractivity (Wildman–Crippen MR) is 118 cm³/mol. The molecule has 1 unspecified atom stereocenters. The normalized spacial score (nSPS) is 14.9. The van der Waals surface area contributed by atoms with Gasteiger partial charge in [0, 0.05) is 18.3 Å². The van der Waals surface area contributed by atoms with Gasteiger partial charge in [-0.1, -0.05) is 41.9 Å².